The van der Waals surface area contributed by atoms with E-state index in [9.17, 15) is 0 Å². The average molecular weight is 886 g/mol. The summed E-state index contributed by atoms with van der Waals surface area (Å²) >= 11 is 0. The molecule has 6 aliphatic rings. The topological polar surface area (TPSA) is 21.7 Å². The number of fused-ring (bicyclic) bond motifs is 21. The Balaban J connectivity index is 1.02. The highest BCUT2D eigenvalue weighted by Gasteiger charge is 2.54. The quantitative estimate of drug-likeness (QED) is 0.176. The monoisotopic (exact) mass is 885 g/mol. The molecule has 69 heavy (non-hydrogen) atoms. The molecule has 2 unspecified atom stereocenters. The van der Waals surface area contributed by atoms with Crippen molar-refractivity contribution in [3.8, 4) is 45.3 Å². The summed E-state index contributed by atoms with van der Waals surface area (Å²) in [7, 11) is 0. The van der Waals surface area contributed by atoms with E-state index in [1.54, 1.807) is 0 Å². The van der Waals surface area contributed by atoms with Crippen LogP contribution in [0.2, 0.25) is 0 Å². The van der Waals surface area contributed by atoms with Crippen LogP contribution in [0.3, 0.4) is 0 Å². The van der Waals surface area contributed by atoms with Gasteiger partial charge in [0.2, 0.25) is 0 Å². The lowest BCUT2D eigenvalue weighted by Crippen LogP contribution is -2.34. The van der Waals surface area contributed by atoms with E-state index in [0.717, 1.165) is 62.3 Å². The Morgan fingerprint density at radius 2 is 0.725 bits per heavy atom. The molecule has 0 radical (unpaired) electrons. The number of nitrogens with zero attached hydrogens (tertiary/aromatic N) is 1. The second-order valence-corrected chi connectivity index (χ2v) is 20.5. The first-order chi connectivity index (χ1) is 33.8. The Kier molecular flexibility index (Phi) is 7.62. The molecule has 0 fully saturated rings. The number of anilines is 3. The molecule has 0 bridgehead atoms. The van der Waals surface area contributed by atoms with Crippen LogP contribution < -0.4 is 14.4 Å². The maximum absolute atomic E-state index is 6.77. The molecule has 3 nitrogen and oxygen atoms in total. The molecule has 3 heteroatoms. The van der Waals surface area contributed by atoms with Crippen LogP contribution in [0.4, 0.5) is 17.1 Å². The Hall–Kier alpha value is -8.14. The summed E-state index contributed by atoms with van der Waals surface area (Å²) < 4.78 is 13.5. The van der Waals surface area contributed by atoms with Crippen LogP contribution in [0.25, 0.3) is 22.3 Å². The molecule has 4 aliphatic carbocycles. The fraction of sp³-hybridized carbons (Fsp3) is 0.121. The van der Waals surface area contributed by atoms with Gasteiger partial charge >= 0.3 is 0 Å². The third kappa shape index (κ3) is 4.78. The third-order valence-electron chi connectivity index (χ3n) is 17.0. The van der Waals surface area contributed by atoms with Gasteiger partial charge in [0, 0.05) is 44.7 Å². The van der Waals surface area contributed by atoms with Gasteiger partial charge in [0.25, 0.3) is 0 Å². The standard InChI is InChI=1S/C66H47NO2/c1-63(2)57-40-43(33-36-50(57)64(3)37-17-16-30-62(63)64)67(41-31-34-46-44-18-4-6-20-48(44)65(55(46)38-41)51-22-8-12-26-58(51)68-59-27-13-9-23-52(59)65)42-32-35-47-45-19-5-7-21-49(45)66(56(47)39-42)53-24-10-14-28-60(53)69-61-29-15-11-25-54(61)66/h4-40,62H,1-3H3. The molecule has 0 N–H and O–H groups in total. The molecule has 2 heterocycles. The first-order valence-electron chi connectivity index (χ1n) is 24.4. The summed E-state index contributed by atoms with van der Waals surface area (Å²) in [5.41, 5.74) is 19.4. The molecule has 2 aliphatic heterocycles. The summed E-state index contributed by atoms with van der Waals surface area (Å²) in [6, 6.07) is 74.4. The van der Waals surface area contributed by atoms with Gasteiger partial charge in [-0.2, -0.15) is 0 Å². The molecule has 9 aromatic rings. The molecule has 2 atom stereocenters. The Morgan fingerprint density at radius 3 is 1.19 bits per heavy atom. The van der Waals surface area contributed by atoms with Gasteiger partial charge < -0.3 is 14.4 Å². The Morgan fingerprint density at radius 1 is 0.348 bits per heavy atom. The van der Waals surface area contributed by atoms with Crippen molar-refractivity contribution in [3.05, 3.63) is 280 Å². The van der Waals surface area contributed by atoms with Gasteiger partial charge in [0.15, 0.2) is 0 Å². The molecular formula is C66H47NO2. The largest absolute Gasteiger partial charge is 0.457 e. The van der Waals surface area contributed by atoms with Crippen LogP contribution in [-0.4, -0.2) is 0 Å². The minimum absolute atomic E-state index is 0.0952. The summed E-state index contributed by atoms with van der Waals surface area (Å²) in [6.45, 7) is 7.30. The van der Waals surface area contributed by atoms with Gasteiger partial charge in [0.1, 0.15) is 23.0 Å². The van der Waals surface area contributed by atoms with Crippen molar-refractivity contribution in [3.63, 3.8) is 0 Å². The van der Waals surface area contributed by atoms with Crippen LogP contribution in [0.15, 0.2) is 224 Å². The van der Waals surface area contributed by atoms with Crippen LogP contribution in [-0.2, 0) is 21.7 Å². The fourth-order valence-corrected chi connectivity index (χ4v) is 14.2. The highest BCUT2D eigenvalue weighted by Crippen LogP contribution is 2.65. The van der Waals surface area contributed by atoms with E-state index in [1.165, 1.54) is 55.6 Å². The molecule has 9 aromatic carbocycles. The molecule has 328 valence electrons. The van der Waals surface area contributed by atoms with Gasteiger partial charge in [-0.15, -0.1) is 0 Å². The van der Waals surface area contributed by atoms with Gasteiger partial charge in [-0.1, -0.05) is 185 Å². The Bertz CT molecular complexity index is 3490. The van der Waals surface area contributed by atoms with Crippen molar-refractivity contribution in [2.24, 2.45) is 5.92 Å². The van der Waals surface area contributed by atoms with Gasteiger partial charge in [-0.05, 0) is 128 Å². The maximum atomic E-state index is 6.77. The predicted octanol–water partition coefficient (Wildman–Crippen LogP) is 16.4. The van der Waals surface area contributed by atoms with Crippen LogP contribution in [0.1, 0.15) is 76.4 Å². The Labute approximate surface area is 403 Å². The van der Waals surface area contributed by atoms with E-state index in [4.69, 9.17) is 9.47 Å². The molecule has 0 amide bonds. The lowest BCUT2D eigenvalue weighted by molar-refractivity contribution is 0.324. The molecular weight excluding hydrogens is 839 g/mol. The summed E-state index contributed by atoms with van der Waals surface area (Å²) in [5.74, 6) is 3.90. The van der Waals surface area contributed by atoms with Crippen LogP contribution in [0.5, 0.6) is 23.0 Å². The zero-order chi connectivity index (χ0) is 45.9. The summed E-state index contributed by atoms with van der Waals surface area (Å²) in [4.78, 5) is 2.54. The van der Waals surface area contributed by atoms with Crippen molar-refractivity contribution in [1.82, 2.24) is 0 Å². The van der Waals surface area contributed by atoms with Crippen molar-refractivity contribution >= 4 is 17.1 Å². The van der Waals surface area contributed by atoms with Crippen LogP contribution in [0, 0.1) is 5.92 Å². The second-order valence-electron chi connectivity index (χ2n) is 20.5. The number of rotatable bonds is 3. The molecule has 0 saturated carbocycles. The summed E-state index contributed by atoms with van der Waals surface area (Å²) in [5, 5.41) is 0. The van der Waals surface area contributed by atoms with Crippen molar-refractivity contribution < 1.29 is 9.47 Å². The number of ether oxygens (including phenoxy) is 2. The number of allylic oxidation sites excluding steroid dienone is 4. The normalized spacial score (nSPS) is 19.6. The number of hydrogen-bond acceptors (Lipinski definition) is 3. The number of benzene rings is 9. The number of hydrogen-bond donors (Lipinski definition) is 0. The van der Waals surface area contributed by atoms with E-state index >= 15 is 0 Å². The summed E-state index contributed by atoms with van der Waals surface area (Å²) in [6.07, 6.45) is 9.33. The van der Waals surface area contributed by atoms with Crippen molar-refractivity contribution in [1.29, 1.82) is 0 Å². The van der Waals surface area contributed by atoms with Gasteiger partial charge in [-0.3, -0.25) is 0 Å². The number of para-hydroxylation sites is 4. The van der Waals surface area contributed by atoms with E-state index in [-0.39, 0.29) is 10.8 Å². The predicted molar refractivity (Wildman–Crippen MR) is 278 cm³/mol. The SMILES string of the molecule is CC1(C)c2cc(N(c3ccc4c(c3)C3(c5ccccc5Oc5ccccc53)c3ccccc3-4)c3ccc4c(c3)C3(c5ccccc5Oc5ccccc53)c3ccccc3-4)ccc2C2(C)C=CC=CC12. The van der Waals surface area contributed by atoms with E-state index < -0.39 is 10.8 Å². The van der Waals surface area contributed by atoms with Gasteiger partial charge in [-0.25, -0.2) is 0 Å². The van der Waals surface area contributed by atoms with E-state index in [1.807, 2.05) is 0 Å². The minimum atomic E-state index is -0.610. The zero-order valence-corrected chi connectivity index (χ0v) is 38.7. The van der Waals surface area contributed by atoms with Gasteiger partial charge in [0.05, 0.1) is 10.8 Å². The molecule has 15 rings (SSSR count). The minimum Gasteiger partial charge on any atom is -0.457 e. The first kappa shape index (κ1) is 38.9. The zero-order valence-electron chi connectivity index (χ0n) is 38.7. The lowest BCUT2D eigenvalue weighted by Gasteiger charge is -2.40. The smallest absolute Gasteiger partial charge is 0.132 e. The average Bonchev–Trinajstić information content (AvgIpc) is 3.91. The third-order valence-corrected chi connectivity index (χ3v) is 17.0. The van der Waals surface area contributed by atoms with E-state index in [2.05, 4.69) is 250 Å². The highest BCUT2D eigenvalue weighted by molar-refractivity contribution is 5.94. The molecule has 2 spiro atoms. The first-order valence-corrected chi connectivity index (χ1v) is 24.4. The second kappa shape index (κ2) is 13.5. The molecule has 0 saturated heterocycles. The maximum Gasteiger partial charge on any atom is 0.132 e. The van der Waals surface area contributed by atoms with Crippen molar-refractivity contribution in [2.45, 2.75) is 42.4 Å². The molecule has 0 aromatic heterocycles. The van der Waals surface area contributed by atoms with Crippen molar-refractivity contribution in [2.75, 3.05) is 4.90 Å². The highest BCUT2D eigenvalue weighted by atomic mass is 16.5. The van der Waals surface area contributed by atoms with E-state index in [0.29, 0.717) is 5.92 Å². The lowest BCUT2D eigenvalue weighted by atomic mass is 9.66. The fourth-order valence-electron chi connectivity index (χ4n) is 14.2. The van der Waals surface area contributed by atoms with Crippen LogP contribution >= 0.6 is 0 Å².